The molecule has 0 aliphatic carbocycles. The summed E-state index contributed by atoms with van der Waals surface area (Å²) < 4.78 is 0. The number of nitrogens with two attached hydrogens (primary N) is 1. The fourth-order valence-corrected chi connectivity index (χ4v) is 0.993. The summed E-state index contributed by atoms with van der Waals surface area (Å²) in [5.74, 6) is -0.498. The van der Waals surface area contributed by atoms with Crippen LogP contribution in [0.1, 0.15) is 0 Å². The minimum atomic E-state index is -0.473. The number of nitrogen functional groups attached to an aromatic ring is 1. The highest BCUT2D eigenvalue weighted by Gasteiger charge is 2.07. The molecule has 1 aromatic heterocycles. The summed E-state index contributed by atoms with van der Waals surface area (Å²) in [6.45, 7) is -0.109. The Hall–Kier alpha value is -2.05. The second-order valence-corrected chi connectivity index (χ2v) is 2.45. The van der Waals surface area contributed by atoms with E-state index in [0.29, 0.717) is 0 Å². The Morgan fingerprint density at radius 1 is 1.38 bits per heavy atom. The first-order chi connectivity index (χ1) is 6.16. The van der Waals surface area contributed by atoms with Gasteiger partial charge in [0.05, 0.1) is 0 Å². The number of aromatic amines is 1. The lowest BCUT2D eigenvalue weighted by atomic mass is 10.5. The van der Waals surface area contributed by atoms with Crippen LogP contribution in [0.25, 0.3) is 0 Å². The molecule has 0 aromatic carbocycles. The van der Waals surface area contributed by atoms with Crippen LogP contribution in [-0.2, 0) is 4.79 Å². The number of nitrogens with zero attached hydrogens (tertiary/aromatic N) is 3. The van der Waals surface area contributed by atoms with E-state index in [1.807, 2.05) is 0 Å². The highest BCUT2D eigenvalue weighted by Crippen LogP contribution is 1.79. The van der Waals surface area contributed by atoms with E-state index in [1.165, 1.54) is 0 Å². The Morgan fingerprint density at radius 2 is 2.15 bits per heavy atom. The molecule has 1 amide bonds. The number of hydrogen-bond acceptors (Lipinski definition) is 5. The SMILES string of the molecule is Nc1nc2c(c(=O)[nH]1)=NCC(=O)N=2. The average molecular weight is 179 g/mol. The van der Waals surface area contributed by atoms with Crippen LogP contribution in [0.3, 0.4) is 0 Å². The molecule has 0 atom stereocenters. The van der Waals surface area contributed by atoms with Gasteiger partial charge in [0.2, 0.25) is 5.95 Å². The maximum atomic E-state index is 11.2. The van der Waals surface area contributed by atoms with E-state index in [2.05, 4.69) is 20.0 Å². The van der Waals surface area contributed by atoms with Crippen LogP contribution in [0.2, 0.25) is 0 Å². The van der Waals surface area contributed by atoms with Gasteiger partial charge in [-0.25, -0.2) is 0 Å². The molecule has 1 aliphatic rings. The van der Waals surface area contributed by atoms with Crippen molar-refractivity contribution in [2.24, 2.45) is 9.98 Å². The molecule has 0 radical (unpaired) electrons. The summed E-state index contributed by atoms with van der Waals surface area (Å²) in [5, 5.41) is 0.0637. The van der Waals surface area contributed by atoms with Gasteiger partial charge in [0.1, 0.15) is 6.54 Å². The molecule has 2 rings (SSSR count). The van der Waals surface area contributed by atoms with Gasteiger partial charge < -0.3 is 5.73 Å². The van der Waals surface area contributed by atoms with Crippen LogP contribution >= 0.6 is 0 Å². The number of nitrogens with one attached hydrogen (secondary N) is 1. The molecule has 13 heavy (non-hydrogen) atoms. The van der Waals surface area contributed by atoms with Gasteiger partial charge in [0.15, 0.2) is 10.8 Å². The number of carbonyl (C=O) groups excluding carboxylic acids is 1. The van der Waals surface area contributed by atoms with Crippen LogP contribution in [0.15, 0.2) is 14.8 Å². The largest absolute Gasteiger partial charge is 0.369 e. The highest BCUT2D eigenvalue weighted by atomic mass is 16.1. The quantitative estimate of drug-likeness (QED) is 0.445. The summed E-state index contributed by atoms with van der Waals surface area (Å²) >= 11 is 0. The monoisotopic (exact) mass is 179 g/mol. The molecule has 2 heterocycles. The number of H-pyrrole nitrogens is 1. The fraction of sp³-hybridized carbons (Fsp3) is 0.167. The molecule has 0 spiro atoms. The second-order valence-electron chi connectivity index (χ2n) is 2.45. The van der Waals surface area contributed by atoms with Crippen LogP contribution < -0.4 is 22.1 Å². The second kappa shape index (κ2) is 2.47. The maximum Gasteiger partial charge on any atom is 0.280 e. The fourth-order valence-electron chi connectivity index (χ4n) is 0.993. The Morgan fingerprint density at radius 3 is 2.92 bits per heavy atom. The van der Waals surface area contributed by atoms with Crippen molar-refractivity contribution >= 4 is 11.9 Å². The normalized spacial score (nSPS) is 14.3. The number of rotatable bonds is 0. The standard InChI is InChI=1S/C6H5N5O2/c7-6-10-4-3(5(13)11-6)8-1-2(12)9-4/h1H2,(H3,7,9,10,11,12,13). The van der Waals surface area contributed by atoms with Crippen LogP contribution in [0.5, 0.6) is 0 Å². The number of fused-ring (bicyclic) bond motifs is 1. The number of carbonyl (C=O) groups is 1. The van der Waals surface area contributed by atoms with Gasteiger partial charge in [0, 0.05) is 0 Å². The Labute approximate surface area is 71.0 Å². The van der Waals surface area contributed by atoms with Crippen molar-refractivity contribution in [3.05, 3.63) is 21.2 Å². The molecular formula is C6H5N5O2. The summed E-state index contributed by atoms with van der Waals surface area (Å²) in [7, 11) is 0. The zero-order valence-electron chi connectivity index (χ0n) is 6.44. The lowest BCUT2D eigenvalue weighted by Crippen LogP contribution is -2.47. The van der Waals surface area contributed by atoms with Crippen molar-refractivity contribution in [1.82, 2.24) is 9.97 Å². The molecule has 0 bridgehead atoms. The van der Waals surface area contributed by atoms with Gasteiger partial charge in [0.25, 0.3) is 11.5 Å². The number of anilines is 1. The lowest BCUT2D eigenvalue weighted by molar-refractivity contribution is -0.116. The topological polar surface area (TPSA) is 114 Å². The van der Waals surface area contributed by atoms with Crippen LogP contribution in [0.4, 0.5) is 5.95 Å². The Kier molecular flexibility index (Phi) is 1.44. The Bertz CT molecular complexity index is 543. The van der Waals surface area contributed by atoms with Crippen molar-refractivity contribution in [3.63, 3.8) is 0 Å². The van der Waals surface area contributed by atoms with E-state index < -0.39 is 11.5 Å². The molecule has 0 saturated carbocycles. The molecule has 7 nitrogen and oxygen atoms in total. The summed E-state index contributed by atoms with van der Waals surface area (Å²) in [4.78, 5) is 35.1. The number of aromatic nitrogens is 2. The molecule has 3 N–H and O–H groups in total. The average Bonchev–Trinajstić information content (AvgIpc) is 2.02. The zero-order chi connectivity index (χ0) is 9.42. The van der Waals surface area contributed by atoms with Crippen molar-refractivity contribution < 1.29 is 4.79 Å². The van der Waals surface area contributed by atoms with Gasteiger partial charge in [-0.05, 0) is 0 Å². The minimum absolute atomic E-state index is 0.00231. The van der Waals surface area contributed by atoms with Gasteiger partial charge >= 0.3 is 0 Å². The van der Waals surface area contributed by atoms with Crippen molar-refractivity contribution in [2.75, 3.05) is 12.3 Å². The molecular weight excluding hydrogens is 174 g/mol. The van der Waals surface area contributed by atoms with Gasteiger partial charge in [-0.2, -0.15) is 9.98 Å². The number of hydrogen-bond donors (Lipinski definition) is 2. The first-order valence-electron chi connectivity index (χ1n) is 3.48. The maximum absolute atomic E-state index is 11.2. The van der Waals surface area contributed by atoms with E-state index in [0.717, 1.165) is 0 Å². The van der Waals surface area contributed by atoms with Gasteiger partial charge in [-0.15, -0.1) is 0 Å². The Balaban J connectivity index is 2.96. The van der Waals surface area contributed by atoms with Crippen LogP contribution in [0, 0.1) is 0 Å². The van der Waals surface area contributed by atoms with Crippen molar-refractivity contribution in [2.45, 2.75) is 0 Å². The van der Waals surface area contributed by atoms with E-state index in [-0.39, 0.29) is 23.3 Å². The van der Waals surface area contributed by atoms with Gasteiger partial charge in [-0.1, -0.05) is 0 Å². The molecule has 0 unspecified atom stereocenters. The third-order valence-electron chi connectivity index (χ3n) is 1.50. The van der Waals surface area contributed by atoms with Crippen molar-refractivity contribution in [1.29, 1.82) is 0 Å². The first-order valence-corrected chi connectivity index (χ1v) is 3.48. The minimum Gasteiger partial charge on any atom is -0.369 e. The smallest absolute Gasteiger partial charge is 0.280 e. The zero-order valence-corrected chi connectivity index (χ0v) is 6.44. The summed E-state index contributed by atoms with van der Waals surface area (Å²) in [6.07, 6.45) is 0. The predicted octanol–water partition coefficient (Wildman–Crippen LogP) is -2.87. The lowest BCUT2D eigenvalue weighted by Gasteiger charge is -1.96. The van der Waals surface area contributed by atoms with Gasteiger partial charge in [-0.3, -0.25) is 19.6 Å². The molecule has 1 aromatic rings. The third-order valence-corrected chi connectivity index (χ3v) is 1.50. The number of amides is 1. The molecule has 66 valence electrons. The summed E-state index contributed by atoms with van der Waals surface area (Å²) in [6, 6.07) is 0. The molecule has 0 fully saturated rings. The molecule has 1 aliphatic heterocycles. The van der Waals surface area contributed by atoms with Crippen LogP contribution in [-0.4, -0.2) is 22.4 Å². The van der Waals surface area contributed by atoms with E-state index in [9.17, 15) is 9.59 Å². The first kappa shape index (κ1) is 7.59. The highest BCUT2D eigenvalue weighted by molar-refractivity contribution is 5.79. The van der Waals surface area contributed by atoms with E-state index >= 15 is 0 Å². The van der Waals surface area contributed by atoms with E-state index in [1.54, 1.807) is 0 Å². The molecule has 0 saturated heterocycles. The van der Waals surface area contributed by atoms with E-state index in [4.69, 9.17) is 5.73 Å². The summed E-state index contributed by atoms with van der Waals surface area (Å²) in [5.41, 5.74) is 4.77. The molecule has 7 heteroatoms. The third kappa shape index (κ3) is 1.19. The van der Waals surface area contributed by atoms with Crippen molar-refractivity contribution in [3.8, 4) is 0 Å². The predicted molar refractivity (Wildman–Crippen MR) is 41.5 cm³/mol.